The number of primary amides is 1. The highest BCUT2D eigenvalue weighted by molar-refractivity contribution is 5.94. The van der Waals surface area contributed by atoms with Crippen LogP contribution in [0, 0.1) is 0 Å². The minimum Gasteiger partial charge on any atom is -0.394 e. The molecule has 0 spiro atoms. The van der Waals surface area contributed by atoms with Crippen LogP contribution in [-0.4, -0.2) is 62.5 Å². The van der Waals surface area contributed by atoms with E-state index in [1.54, 1.807) is 0 Å². The van der Waals surface area contributed by atoms with Crippen LogP contribution in [0.2, 0.25) is 0 Å². The molecule has 19 heavy (non-hydrogen) atoms. The Morgan fingerprint density at radius 2 is 1.58 bits per heavy atom. The quantitative estimate of drug-likeness (QED) is 0.369. The van der Waals surface area contributed by atoms with E-state index in [1.165, 1.54) is 0 Å². The van der Waals surface area contributed by atoms with Crippen molar-refractivity contribution in [3.63, 3.8) is 0 Å². The van der Waals surface area contributed by atoms with Crippen molar-refractivity contribution in [2.45, 2.75) is 5.54 Å². The number of hydrogen-bond donors (Lipinski definition) is 5. The SMILES string of the molecule is NC(=O)c1cnc(C(=O)NC(CO)(CO)CO)cn1. The molecule has 0 saturated heterocycles. The van der Waals surface area contributed by atoms with E-state index >= 15 is 0 Å². The molecule has 0 aliphatic heterocycles. The van der Waals surface area contributed by atoms with Gasteiger partial charge in [0.05, 0.1) is 32.2 Å². The number of amides is 2. The summed E-state index contributed by atoms with van der Waals surface area (Å²) in [6.45, 7) is -1.96. The van der Waals surface area contributed by atoms with Crippen LogP contribution in [0.15, 0.2) is 12.4 Å². The second-order valence-electron chi connectivity index (χ2n) is 3.86. The molecule has 0 unspecified atom stereocenters. The molecule has 0 radical (unpaired) electrons. The maximum absolute atomic E-state index is 11.8. The lowest BCUT2D eigenvalue weighted by Gasteiger charge is -2.28. The van der Waals surface area contributed by atoms with Crippen molar-refractivity contribution < 1.29 is 24.9 Å². The molecule has 9 nitrogen and oxygen atoms in total. The number of aliphatic hydroxyl groups is 3. The Hall–Kier alpha value is -2.10. The summed E-state index contributed by atoms with van der Waals surface area (Å²) in [4.78, 5) is 29.8. The zero-order valence-electron chi connectivity index (χ0n) is 9.91. The first kappa shape index (κ1) is 15.0. The number of nitrogens with two attached hydrogens (primary N) is 1. The smallest absolute Gasteiger partial charge is 0.272 e. The normalized spacial score (nSPS) is 11.1. The van der Waals surface area contributed by atoms with E-state index in [0.29, 0.717) is 0 Å². The molecule has 0 bridgehead atoms. The first-order chi connectivity index (χ1) is 8.98. The Morgan fingerprint density at radius 1 is 1.11 bits per heavy atom. The van der Waals surface area contributed by atoms with Gasteiger partial charge >= 0.3 is 0 Å². The minimum absolute atomic E-state index is 0.103. The number of nitrogens with one attached hydrogen (secondary N) is 1. The van der Waals surface area contributed by atoms with Crippen molar-refractivity contribution >= 4 is 11.8 Å². The Bertz CT molecular complexity index is 449. The van der Waals surface area contributed by atoms with Gasteiger partial charge in [0.15, 0.2) is 0 Å². The van der Waals surface area contributed by atoms with Crippen molar-refractivity contribution in [1.82, 2.24) is 15.3 Å². The topological polar surface area (TPSA) is 159 Å². The molecule has 104 valence electrons. The fourth-order valence-electron chi connectivity index (χ4n) is 1.15. The van der Waals surface area contributed by atoms with E-state index in [-0.39, 0.29) is 11.4 Å². The van der Waals surface area contributed by atoms with Crippen molar-refractivity contribution in [2.24, 2.45) is 5.73 Å². The van der Waals surface area contributed by atoms with Crippen molar-refractivity contribution in [3.05, 3.63) is 23.8 Å². The second-order valence-corrected chi connectivity index (χ2v) is 3.86. The molecule has 0 saturated carbocycles. The van der Waals surface area contributed by atoms with E-state index in [2.05, 4.69) is 15.3 Å². The summed E-state index contributed by atoms with van der Waals surface area (Å²) >= 11 is 0. The molecule has 0 aliphatic carbocycles. The third-order valence-electron chi connectivity index (χ3n) is 2.42. The Labute approximate surface area is 108 Å². The first-order valence-electron chi connectivity index (χ1n) is 5.25. The minimum atomic E-state index is -1.55. The van der Waals surface area contributed by atoms with Crippen molar-refractivity contribution in [2.75, 3.05) is 19.8 Å². The van der Waals surface area contributed by atoms with Gasteiger partial charge in [0, 0.05) is 0 Å². The lowest BCUT2D eigenvalue weighted by molar-refractivity contribution is 0.0373. The van der Waals surface area contributed by atoms with Crippen LogP contribution in [-0.2, 0) is 0 Å². The number of rotatable bonds is 6. The number of carbonyl (C=O) groups excluding carboxylic acids is 2. The van der Waals surface area contributed by atoms with Gasteiger partial charge in [-0.3, -0.25) is 9.59 Å². The van der Waals surface area contributed by atoms with E-state index in [1.807, 2.05) is 0 Å². The van der Waals surface area contributed by atoms with Crippen LogP contribution in [0.5, 0.6) is 0 Å². The average Bonchev–Trinajstić information content (AvgIpc) is 2.45. The highest BCUT2D eigenvalue weighted by Crippen LogP contribution is 2.04. The molecule has 0 fully saturated rings. The summed E-state index contributed by atoms with van der Waals surface area (Å²) in [5, 5.41) is 29.4. The lowest BCUT2D eigenvalue weighted by atomic mass is 10.0. The zero-order chi connectivity index (χ0) is 14.5. The first-order valence-corrected chi connectivity index (χ1v) is 5.25. The molecule has 1 rings (SSSR count). The number of nitrogens with zero attached hydrogens (tertiary/aromatic N) is 2. The predicted octanol–water partition coefficient (Wildman–Crippen LogP) is -2.98. The highest BCUT2D eigenvalue weighted by atomic mass is 16.3. The average molecular weight is 270 g/mol. The Balaban J connectivity index is 2.86. The van der Waals surface area contributed by atoms with E-state index in [4.69, 9.17) is 21.1 Å². The maximum Gasteiger partial charge on any atom is 0.272 e. The van der Waals surface area contributed by atoms with E-state index in [9.17, 15) is 9.59 Å². The standard InChI is InChI=1S/C10H14N4O5/c11-8(18)6-1-13-7(2-12-6)9(19)14-10(3-15,4-16)5-17/h1-2,15-17H,3-5H2,(H2,11,18)(H,14,19). The Morgan fingerprint density at radius 3 is 1.95 bits per heavy atom. The summed E-state index contributed by atoms with van der Waals surface area (Å²) in [5.74, 6) is -1.55. The zero-order valence-corrected chi connectivity index (χ0v) is 9.91. The second kappa shape index (κ2) is 6.18. The summed E-state index contributed by atoms with van der Waals surface area (Å²) < 4.78 is 0. The van der Waals surface area contributed by atoms with Crippen LogP contribution >= 0.6 is 0 Å². The van der Waals surface area contributed by atoms with Gasteiger partial charge in [-0.05, 0) is 0 Å². The van der Waals surface area contributed by atoms with Gasteiger partial charge in [-0.25, -0.2) is 9.97 Å². The largest absolute Gasteiger partial charge is 0.394 e. The van der Waals surface area contributed by atoms with Gasteiger partial charge in [-0.1, -0.05) is 0 Å². The molecule has 9 heteroatoms. The Kier molecular flexibility index (Phi) is 4.87. The fraction of sp³-hybridized carbons (Fsp3) is 0.400. The summed E-state index contributed by atoms with van der Waals surface area (Å²) in [7, 11) is 0. The molecule has 1 aromatic heterocycles. The van der Waals surface area contributed by atoms with Gasteiger partial charge in [0.2, 0.25) is 0 Å². The molecular weight excluding hydrogens is 256 g/mol. The van der Waals surface area contributed by atoms with Gasteiger partial charge in [-0.15, -0.1) is 0 Å². The van der Waals surface area contributed by atoms with E-state index < -0.39 is 37.2 Å². The van der Waals surface area contributed by atoms with Crippen LogP contribution < -0.4 is 11.1 Å². The van der Waals surface area contributed by atoms with Gasteiger partial charge in [0.1, 0.15) is 16.9 Å². The van der Waals surface area contributed by atoms with Gasteiger partial charge in [-0.2, -0.15) is 0 Å². The van der Waals surface area contributed by atoms with Crippen LogP contribution in [0.25, 0.3) is 0 Å². The number of hydrogen-bond acceptors (Lipinski definition) is 7. The fourth-order valence-corrected chi connectivity index (χ4v) is 1.15. The molecular formula is C10H14N4O5. The third-order valence-corrected chi connectivity index (χ3v) is 2.42. The third kappa shape index (κ3) is 3.44. The molecule has 0 aromatic carbocycles. The lowest BCUT2D eigenvalue weighted by Crippen LogP contribution is -2.57. The molecule has 2 amide bonds. The number of aliphatic hydroxyl groups excluding tert-OH is 3. The molecule has 0 atom stereocenters. The summed E-state index contributed by atoms with van der Waals surface area (Å²) in [6, 6.07) is 0. The molecule has 1 heterocycles. The summed E-state index contributed by atoms with van der Waals surface area (Å²) in [5.41, 5.74) is 3.16. The number of aromatic nitrogens is 2. The number of carbonyl (C=O) groups is 2. The van der Waals surface area contributed by atoms with E-state index in [0.717, 1.165) is 12.4 Å². The monoisotopic (exact) mass is 270 g/mol. The van der Waals surface area contributed by atoms with Crippen molar-refractivity contribution in [3.8, 4) is 0 Å². The predicted molar refractivity (Wildman–Crippen MR) is 62.0 cm³/mol. The van der Waals surface area contributed by atoms with Crippen molar-refractivity contribution in [1.29, 1.82) is 0 Å². The molecule has 6 N–H and O–H groups in total. The highest BCUT2D eigenvalue weighted by Gasteiger charge is 2.30. The maximum atomic E-state index is 11.8. The molecule has 0 aliphatic rings. The van der Waals surface area contributed by atoms with Crippen LogP contribution in [0.4, 0.5) is 0 Å². The van der Waals surface area contributed by atoms with Crippen LogP contribution in [0.3, 0.4) is 0 Å². The summed E-state index contributed by atoms with van der Waals surface area (Å²) in [6.07, 6.45) is 2.04. The van der Waals surface area contributed by atoms with Gasteiger partial charge in [0.25, 0.3) is 11.8 Å². The van der Waals surface area contributed by atoms with Crippen LogP contribution in [0.1, 0.15) is 21.0 Å². The molecule has 1 aromatic rings. The van der Waals surface area contributed by atoms with Gasteiger partial charge < -0.3 is 26.4 Å².